The molecule has 0 spiro atoms. The molecule has 0 fully saturated rings. The van der Waals surface area contributed by atoms with Crippen LogP contribution in [-0.4, -0.2) is 64.6 Å². The van der Waals surface area contributed by atoms with Crippen molar-refractivity contribution in [3.05, 3.63) is 29.8 Å². The van der Waals surface area contributed by atoms with Gasteiger partial charge < -0.3 is 37.6 Å². The first-order valence-corrected chi connectivity index (χ1v) is 13.2. The molecule has 0 radical (unpaired) electrons. The largest absolute Gasteiger partial charge is 0.508 e. The number of hydrogen-bond acceptors (Lipinski definition) is 7. The number of phenols is 1. The topological polar surface area (TPSA) is 197 Å². The van der Waals surface area contributed by atoms with E-state index >= 15 is 0 Å². The lowest BCUT2D eigenvalue weighted by molar-refractivity contribution is -0.142. The summed E-state index contributed by atoms with van der Waals surface area (Å²) in [6.07, 6.45) is 2.48. The van der Waals surface area contributed by atoms with E-state index in [0.29, 0.717) is 31.4 Å². The lowest BCUT2D eigenvalue weighted by Crippen LogP contribution is -2.57. The molecule has 9 N–H and O–H groups in total. The molecule has 0 aromatic heterocycles. The van der Waals surface area contributed by atoms with Gasteiger partial charge in [-0.1, -0.05) is 46.2 Å². The molecule has 0 saturated carbocycles. The molecule has 1 rings (SSSR count). The van der Waals surface area contributed by atoms with Crippen LogP contribution >= 0.6 is 0 Å². The van der Waals surface area contributed by atoms with Crippen molar-refractivity contribution in [1.82, 2.24) is 16.0 Å². The van der Waals surface area contributed by atoms with Crippen molar-refractivity contribution in [2.24, 2.45) is 23.3 Å². The number of benzene rings is 1. The third-order valence-electron chi connectivity index (χ3n) is 5.98. The number of aromatic hydroxyl groups is 1. The molecule has 4 atom stereocenters. The minimum absolute atomic E-state index is 0.00221. The van der Waals surface area contributed by atoms with E-state index in [0.717, 1.165) is 6.42 Å². The molecule has 0 saturated heterocycles. The Balaban J connectivity index is 2.97. The SMILES string of the molecule is CC(C)CC(NC(=O)C(N)CCCCN)C(=O)NC(CC(C)C)C(=O)NC(Cc1ccc(O)cc1)C(=O)O. The number of rotatable bonds is 17. The van der Waals surface area contributed by atoms with Crippen molar-refractivity contribution in [1.29, 1.82) is 0 Å². The van der Waals surface area contributed by atoms with Gasteiger partial charge in [-0.05, 0) is 61.8 Å². The summed E-state index contributed by atoms with van der Waals surface area (Å²) in [6.45, 7) is 8.08. The Morgan fingerprint density at radius 1 is 0.789 bits per heavy atom. The van der Waals surface area contributed by atoms with E-state index < -0.39 is 47.9 Å². The number of nitrogens with two attached hydrogens (primary N) is 2. The Hall–Kier alpha value is -3.18. The van der Waals surface area contributed by atoms with Gasteiger partial charge >= 0.3 is 5.97 Å². The lowest BCUT2D eigenvalue weighted by Gasteiger charge is -2.27. The zero-order valence-corrected chi connectivity index (χ0v) is 22.9. The number of carbonyl (C=O) groups excluding carboxylic acids is 3. The summed E-state index contributed by atoms with van der Waals surface area (Å²) in [7, 11) is 0. The number of amides is 3. The fourth-order valence-electron chi connectivity index (χ4n) is 3.94. The molecule has 1 aromatic carbocycles. The van der Waals surface area contributed by atoms with Crippen LogP contribution in [0.15, 0.2) is 24.3 Å². The fraction of sp³-hybridized carbons (Fsp3) is 0.630. The van der Waals surface area contributed by atoms with Crippen LogP contribution in [0.5, 0.6) is 5.75 Å². The van der Waals surface area contributed by atoms with Gasteiger partial charge in [-0.2, -0.15) is 0 Å². The summed E-state index contributed by atoms with van der Waals surface area (Å²) in [5, 5.41) is 27.1. The molecule has 214 valence electrons. The smallest absolute Gasteiger partial charge is 0.326 e. The van der Waals surface area contributed by atoms with Gasteiger partial charge in [0, 0.05) is 6.42 Å². The molecule has 11 nitrogen and oxygen atoms in total. The first kappa shape index (κ1) is 32.8. The molecular weight excluding hydrogens is 490 g/mol. The number of carboxylic acids is 1. The number of nitrogens with one attached hydrogen (secondary N) is 3. The Morgan fingerprint density at radius 2 is 1.26 bits per heavy atom. The van der Waals surface area contributed by atoms with Crippen LogP contribution in [-0.2, 0) is 25.6 Å². The van der Waals surface area contributed by atoms with E-state index in [4.69, 9.17) is 11.5 Å². The third kappa shape index (κ3) is 12.4. The molecule has 4 unspecified atom stereocenters. The second kappa shape index (κ2) is 16.6. The molecule has 1 aromatic rings. The van der Waals surface area contributed by atoms with Gasteiger partial charge in [0.15, 0.2) is 0 Å². The van der Waals surface area contributed by atoms with Crippen molar-refractivity contribution in [2.75, 3.05) is 6.54 Å². The van der Waals surface area contributed by atoms with Crippen LogP contribution in [0, 0.1) is 11.8 Å². The number of carboxylic acid groups (broad SMARTS) is 1. The highest BCUT2D eigenvalue weighted by Crippen LogP contribution is 2.13. The Bertz CT molecular complexity index is 906. The van der Waals surface area contributed by atoms with E-state index in [1.165, 1.54) is 12.1 Å². The van der Waals surface area contributed by atoms with Gasteiger partial charge in [0.2, 0.25) is 17.7 Å². The average molecular weight is 536 g/mol. The van der Waals surface area contributed by atoms with E-state index in [-0.39, 0.29) is 30.4 Å². The zero-order valence-electron chi connectivity index (χ0n) is 22.9. The van der Waals surface area contributed by atoms with Crippen molar-refractivity contribution in [3.63, 3.8) is 0 Å². The van der Waals surface area contributed by atoms with Crippen LogP contribution in [0.25, 0.3) is 0 Å². The number of hydrogen-bond donors (Lipinski definition) is 7. The predicted octanol–water partition coefficient (Wildman–Crippen LogP) is 1.02. The second-order valence-corrected chi connectivity index (χ2v) is 10.5. The van der Waals surface area contributed by atoms with E-state index in [1.54, 1.807) is 12.1 Å². The molecular formula is C27H45N5O6. The molecule has 0 aliphatic heterocycles. The maximum Gasteiger partial charge on any atom is 0.326 e. The van der Waals surface area contributed by atoms with Gasteiger partial charge in [-0.15, -0.1) is 0 Å². The minimum Gasteiger partial charge on any atom is -0.508 e. The zero-order chi connectivity index (χ0) is 28.8. The van der Waals surface area contributed by atoms with Crippen LogP contribution in [0.4, 0.5) is 0 Å². The Labute approximate surface area is 225 Å². The summed E-state index contributed by atoms with van der Waals surface area (Å²) < 4.78 is 0. The monoisotopic (exact) mass is 535 g/mol. The highest BCUT2D eigenvalue weighted by Gasteiger charge is 2.31. The van der Waals surface area contributed by atoms with Crippen LogP contribution in [0.1, 0.15) is 65.4 Å². The number of phenolic OH excluding ortho intramolecular Hbond substituents is 1. The molecule has 11 heteroatoms. The van der Waals surface area contributed by atoms with Crippen molar-refractivity contribution in [3.8, 4) is 5.75 Å². The van der Waals surface area contributed by atoms with Crippen molar-refractivity contribution >= 4 is 23.7 Å². The first-order chi connectivity index (χ1) is 17.8. The van der Waals surface area contributed by atoms with Gasteiger partial charge in [0.1, 0.15) is 23.9 Å². The van der Waals surface area contributed by atoms with Gasteiger partial charge in [0.25, 0.3) is 0 Å². The summed E-state index contributed by atoms with van der Waals surface area (Å²) in [5.74, 6) is -2.72. The highest BCUT2D eigenvalue weighted by molar-refractivity contribution is 5.94. The molecule has 3 amide bonds. The Kier molecular flexibility index (Phi) is 14.4. The lowest BCUT2D eigenvalue weighted by atomic mass is 9.99. The van der Waals surface area contributed by atoms with Gasteiger partial charge in [-0.25, -0.2) is 4.79 Å². The standard InChI is InChI=1S/C27H45N5O6/c1-16(2)13-21(30-24(34)20(29)7-5-6-12-28)25(35)31-22(14-17(3)4)26(36)32-23(27(37)38)15-18-8-10-19(33)11-9-18/h8-11,16-17,20-23,33H,5-7,12-15,28-29H2,1-4H3,(H,30,34)(H,31,35)(H,32,36)(H,37,38). The summed E-state index contributed by atoms with van der Waals surface area (Å²) in [6, 6.07) is 2.09. The van der Waals surface area contributed by atoms with Crippen LogP contribution in [0.3, 0.4) is 0 Å². The van der Waals surface area contributed by atoms with Gasteiger partial charge in [-0.3, -0.25) is 14.4 Å². The summed E-state index contributed by atoms with van der Waals surface area (Å²) >= 11 is 0. The first-order valence-electron chi connectivity index (χ1n) is 13.2. The molecule has 38 heavy (non-hydrogen) atoms. The minimum atomic E-state index is -1.24. The molecule has 0 aliphatic carbocycles. The van der Waals surface area contributed by atoms with Crippen LogP contribution in [0.2, 0.25) is 0 Å². The summed E-state index contributed by atoms with van der Waals surface area (Å²) in [4.78, 5) is 50.9. The number of unbranched alkanes of at least 4 members (excludes halogenated alkanes) is 1. The van der Waals surface area contributed by atoms with E-state index in [1.807, 2.05) is 27.7 Å². The van der Waals surface area contributed by atoms with Crippen molar-refractivity contribution < 1.29 is 29.4 Å². The van der Waals surface area contributed by atoms with Gasteiger partial charge in [0.05, 0.1) is 6.04 Å². The summed E-state index contributed by atoms with van der Waals surface area (Å²) in [5.41, 5.74) is 12.1. The third-order valence-corrected chi connectivity index (χ3v) is 5.98. The second-order valence-electron chi connectivity index (χ2n) is 10.5. The molecule has 0 heterocycles. The highest BCUT2D eigenvalue weighted by atomic mass is 16.4. The molecule has 0 bridgehead atoms. The average Bonchev–Trinajstić information content (AvgIpc) is 2.83. The Morgan fingerprint density at radius 3 is 1.71 bits per heavy atom. The van der Waals surface area contributed by atoms with E-state index in [2.05, 4.69) is 16.0 Å². The fourth-order valence-corrected chi connectivity index (χ4v) is 3.94. The number of aliphatic carboxylic acids is 1. The van der Waals surface area contributed by atoms with E-state index in [9.17, 15) is 29.4 Å². The quantitative estimate of drug-likeness (QED) is 0.143. The predicted molar refractivity (Wildman–Crippen MR) is 145 cm³/mol. The number of carbonyl (C=O) groups is 4. The maximum atomic E-state index is 13.2. The normalized spacial score (nSPS) is 14.4. The van der Waals surface area contributed by atoms with Crippen LogP contribution < -0.4 is 27.4 Å². The van der Waals surface area contributed by atoms with Crippen molar-refractivity contribution in [2.45, 2.75) is 90.4 Å². The molecule has 0 aliphatic rings. The maximum absolute atomic E-state index is 13.2.